The fraction of sp³-hybridized carbons (Fsp3) is 0.333. The summed E-state index contributed by atoms with van der Waals surface area (Å²) in [6, 6.07) is 17.5. The summed E-state index contributed by atoms with van der Waals surface area (Å²) in [5.74, 6) is 0.196. The van der Waals surface area contributed by atoms with Gasteiger partial charge in [-0.25, -0.2) is 9.78 Å². The molecule has 7 nitrogen and oxygen atoms in total. The smallest absolute Gasteiger partial charge is 0.366 e. The zero-order chi connectivity index (χ0) is 21.8. The molecule has 0 bridgehead atoms. The largest absolute Gasteiger partial charge is 0.487 e. The van der Waals surface area contributed by atoms with Gasteiger partial charge in [0, 0.05) is 18.4 Å². The molecule has 162 valence electrons. The Labute approximate surface area is 180 Å². The van der Waals surface area contributed by atoms with Gasteiger partial charge in [0.15, 0.2) is 0 Å². The zero-order valence-corrected chi connectivity index (χ0v) is 17.8. The molecule has 2 aromatic carbocycles. The highest BCUT2D eigenvalue weighted by Gasteiger charge is 2.41. The van der Waals surface area contributed by atoms with Crippen molar-refractivity contribution in [1.82, 2.24) is 4.98 Å². The SMILES string of the molecule is COC(=O)C1(C)OCC(c2ccc(OCc3nc(-c4ccccc4)oc3C)cc2)CO1. The van der Waals surface area contributed by atoms with Crippen LogP contribution < -0.4 is 4.74 Å². The van der Waals surface area contributed by atoms with Crippen LogP contribution in [0.25, 0.3) is 11.5 Å². The number of hydrogen-bond donors (Lipinski definition) is 0. The van der Waals surface area contributed by atoms with Crippen molar-refractivity contribution in [3.8, 4) is 17.2 Å². The Kier molecular flexibility index (Phi) is 6.06. The predicted octanol–water partition coefficient (Wildman–Crippen LogP) is 4.25. The molecule has 0 aliphatic carbocycles. The number of aromatic nitrogens is 1. The average Bonchev–Trinajstić information content (AvgIpc) is 3.19. The van der Waals surface area contributed by atoms with E-state index in [4.69, 9.17) is 23.4 Å². The number of oxazole rings is 1. The lowest BCUT2D eigenvalue weighted by Crippen LogP contribution is -2.47. The van der Waals surface area contributed by atoms with Crippen molar-refractivity contribution in [2.75, 3.05) is 20.3 Å². The second-order valence-corrected chi connectivity index (χ2v) is 7.50. The first-order valence-electron chi connectivity index (χ1n) is 10.1. The molecule has 31 heavy (non-hydrogen) atoms. The normalized spacial score (nSPS) is 20.9. The predicted molar refractivity (Wildman–Crippen MR) is 113 cm³/mol. The van der Waals surface area contributed by atoms with Gasteiger partial charge in [0.1, 0.15) is 23.8 Å². The van der Waals surface area contributed by atoms with Crippen LogP contribution in [-0.4, -0.2) is 37.1 Å². The maximum Gasteiger partial charge on any atom is 0.366 e. The number of aryl methyl sites for hydroxylation is 1. The van der Waals surface area contributed by atoms with Gasteiger partial charge >= 0.3 is 5.97 Å². The first-order valence-corrected chi connectivity index (χ1v) is 10.1. The number of carbonyl (C=O) groups is 1. The summed E-state index contributed by atoms with van der Waals surface area (Å²) in [4.78, 5) is 16.3. The highest BCUT2D eigenvalue weighted by molar-refractivity contribution is 5.77. The monoisotopic (exact) mass is 423 g/mol. The Morgan fingerprint density at radius 3 is 2.42 bits per heavy atom. The van der Waals surface area contributed by atoms with E-state index in [0.29, 0.717) is 25.7 Å². The van der Waals surface area contributed by atoms with Crippen LogP contribution in [-0.2, 0) is 25.6 Å². The molecule has 1 aliphatic rings. The Hall–Kier alpha value is -3.16. The van der Waals surface area contributed by atoms with Gasteiger partial charge in [-0.3, -0.25) is 0 Å². The molecule has 0 saturated carbocycles. The number of ether oxygens (including phenoxy) is 4. The van der Waals surface area contributed by atoms with Crippen LogP contribution in [0, 0.1) is 6.92 Å². The van der Waals surface area contributed by atoms with Gasteiger partial charge in [-0.05, 0) is 36.8 Å². The average molecular weight is 423 g/mol. The number of esters is 1. The Balaban J connectivity index is 1.35. The first-order chi connectivity index (χ1) is 15.0. The molecule has 2 heterocycles. The van der Waals surface area contributed by atoms with Crippen molar-refractivity contribution in [3.63, 3.8) is 0 Å². The second kappa shape index (κ2) is 8.91. The van der Waals surface area contributed by atoms with E-state index in [-0.39, 0.29) is 5.92 Å². The number of benzene rings is 2. The molecule has 1 saturated heterocycles. The zero-order valence-electron chi connectivity index (χ0n) is 17.8. The van der Waals surface area contributed by atoms with Gasteiger partial charge < -0.3 is 23.4 Å². The van der Waals surface area contributed by atoms with Crippen molar-refractivity contribution in [3.05, 3.63) is 71.6 Å². The molecule has 0 N–H and O–H groups in total. The number of hydrogen-bond acceptors (Lipinski definition) is 7. The maximum atomic E-state index is 11.8. The molecule has 1 aromatic heterocycles. The van der Waals surface area contributed by atoms with E-state index in [0.717, 1.165) is 28.3 Å². The van der Waals surface area contributed by atoms with E-state index in [2.05, 4.69) is 4.98 Å². The molecule has 7 heteroatoms. The van der Waals surface area contributed by atoms with Crippen molar-refractivity contribution >= 4 is 5.97 Å². The van der Waals surface area contributed by atoms with Crippen LogP contribution in [0.1, 0.15) is 29.9 Å². The van der Waals surface area contributed by atoms with Crippen molar-refractivity contribution < 1.29 is 28.2 Å². The standard InChI is InChI=1S/C24H25NO6/c1-16-21(25-22(31-16)18-7-5-4-6-8-18)15-28-20-11-9-17(10-12-20)19-13-29-24(2,30-14-19)23(26)27-3/h4-12,19H,13-15H2,1-3H3. The molecule has 0 unspecified atom stereocenters. The Bertz CT molecular complexity index is 1020. The third kappa shape index (κ3) is 4.62. The molecular weight excluding hydrogens is 398 g/mol. The maximum absolute atomic E-state index is 11.8. The van der Waals surface area contributed by atoms with Crippen LogP contribution in [0.2, 0.25) is 0 Å². The lowest BCUT2D eigenvalue weighted by atomic mass is 9.99. The van der Waals surface area contributed by atoms with E-state index in [1.807, 2.05) is 61.5 Å². The summed E-state index contributed by atoms with van der Waals surface area (Å²) in [5.41, 5.74) is 2.74. The second-order valence-electron chi connectivity index (χ2n) is 7.50. The van der Waals surface area contributed by atoms with Gasteiger partial charge in [0.25, 0.3) is 5.79 Å². The van der Waals surface area contributed by atoms with Crippen LogP contribution in [0.3, 0.4) is 0 Å². The van der Waals surface area contributed by atoms with Crippen LogP contribution in [0.5, 0.6) is 5.75 Å². The molecule has 4 rings (SSSR count). The number of carbonyl (C=O) groups excluding carboxylic acids is 1. The summed E-state index contributed by atoms with van der Waals surface area (Å²) in [6.45, 7) is 4.50. The molecule has 0 amide bonds. The van der Waals surface area contributed by atoms with Gasteiger partial charge in [0.2, 0.25) is 5.89 Å². The quantitative estimate of drug-likeness (QED) is 0.548. The summed E-state index contributed by atoms with van der Waals surface area (Å²) >= 11 is 0. The van der Waals surface area contributed by atoms with Gasteiger partial charge in [-0.1, -0.05) is 30.3 Å². The van der Waals surface area contributed by atoms with E-state index >= 15 is 0 Å². The summed E-state index contributed by atoms with van der Waals surface area (Å²) in [6.07, 6.45) is 0. The molecule has 1 aliphatic heterocycles. The van der Waals surface area contributed by atoms with E-state index in [9.17, 15) is 4.79 Å². The minimum absolute atomic E-state index is 0.0259. The van der Waals surface area contributed by atoms with Crippen molar-refractivity contribution in [1.29, 1.82) is 0 Å². The lowest BCUT2D eigenvalue weighted by Gasteiger charge is -2.35. The van der Waals surface area contributed by atoms with E-state index < -0.39 is 11.8 Å². The molecule has 3 aromatic rings. The molecule has 1 fully saturated rings. The van der Waals surface area contributed by atoms with Crippen LogP contribution >= 0.6 is 0 Å². The topological polar surface area (TPSA) is 80.0 Å². The first kappa shape index (κ1) is 21.1. The number of rotatable bonds is 6. The highest BCUT2D eigenvalue weighted by atomic mass is 16.7. The van der Waals surface area contributed by atoms with E-state index in [1.54, 1.807) is 6.92 Å². The Morgan fingerprint density at radius 2 is 1.77 bits per heavy atom. The van der Waals surface area contributed by atoms with Gasteiger partial charge in [0.05, 0.1) is 20.3 Å². The van der Waals surface area contributed by atoms with Gasteiger partial charge in [-0.15, -0.1) is 0 Å². The van der Waals surface area contributed by atoms with Gasteiger partial charge in [-0.2, -0.15) is 0 Å². The summed E-state index contributed by atoms with van der Waals surface area (Å²) in [5, 5.41) is 0. The molecular formula is C24H25NO6. The van der Waals surface area contributed by atoms with Crippen molar-refractivity contribution in [2.45, 2.75) is 32.2 Å². The lowest BCUT2D eigenvalue weighted by molar-refractivity contribution is -0.264. The summed E-state index contributed by atoms with van der Waals surface area (Å²) in [7, 11) is 1.31. The fourth-order valence-corrected chi connectivity index (χ4v) is 3.36. The fourth-order valence-electron chi connectivity index (χ4n) is 3.36. The third-order valence-electron chi connectivity index (χ3n) is 5.32. The number of nitrogens with zero attached hydrogens (tertiary/aromatic N) is 1. The minimum atomic E-state index is -1.34. The van der Waals surface area contributed by atoms with Crippen molar-refractivity contribution in [2.24, 2.45) is 0 Å². The summed E-state index contributed by atoms with van der Waals surface area (Å²) < 4.78 is 27.7. The third-order valence-corrected chi connectivity index (χ3v) is 5.32. The number of methoxy groups -OCH3 is 1. The minimum Gasteiger partial charge on any atom is -0.487 e. The van der Waals surface area contributed by atoms with Crippen LogP contribution in [0.4, 0.5) is 0 Å². The highest BCUT2D eigenvalue weighted by Crippen LogP contribution is 2.30. The molecule has 0 atom stereocenters. The van der Waals surface area contributed by atoms with E-state index in [1.165, 1.54) is 7.11 Å². The van der Waals surface area contributed by atoms with Crippen LogP contribution in [0.15, 0.2) is 59.0 Å². The molecule has 0 spiro atoms. The Morgan fingerprint density at radius 1 is 1.10 bits per heavy atom. The molecule has 0 radical (unpaired) electrons.